The Labute approximate surface area is 128 Å². The summed E-state index contributed by atoms with van der Waals surface area (Å²) in [5.74, 6) is -0.250. The van der Waals surface area contributed by atoms with Crippen molar-refractivity contribution < 1.29 is 4.92 Å². The molecule has 0 amide bonds. The van der Waals surface area contributed by atoms with Crippen LogP contribution in [-0.4, -0.2) is 21.1 Å². The minimum atomic E-state index is -0.651. The van der Waals surface area contributed by atoms with Crippen molar-refractivity contribution in [3.63, 3.8) is 0 Å². The van der Waals surface area contributed by atoms with E-state index in [4.69, 9.17) is 5.73 Å². The van der Waals surface area contributed by atoms with E-state index in [1.165, 1.54) is 0 Å². The molecule has 0 bridgehead atoms. The summed E-state index contributed by atoms with van der Waals surface area (Å²) < 4.78 is 0.994. The van der Waals surface area contributed by atoms with Gasteiger partial charge in [-0.1, -0.05) is 28.1 Å². The van der Waals surface area contributed by atoms with Gasteiger partial charge >= 0.3 is 5.69 Å². The van der Waals surface area contributed by atoms with E-state index in [0.717, 1.165) is 16.4 Å². The molecule has 9 heteroatoms. The first-order valence-electron chi connectivity index (χ1n) is 5.84. The molecule has 0 aliphatic rings. The Morgan fingerprint density at radius 1 is 1.38 bits per heavy atom. The largest absolute Gasteiger partial charge is 0.378 e. The van der Waals surface area contributed by atoms with Crippen LogP contribution >= 0.6 is 15.9 Å². The minimum absolute atomic E-state index is 0.0421. The van der Waals surface area contributed by atoms with Crippen LogP contribution in [0.4, 0.5) is 17.3 Å². The molecule has 1 heterocycles. The molecule has 21 heavy (non-hydrogen) atoms. The highest BCUT2D eigenvalue weighted by molar-refractivity contribution is 9.10. The number of hydrogen-bond acceptors (Lipinski definition) is 7. The first kappa shape index (κ1) is 14.9. The van der Waals surface area contributed by atoms with E-state index < -0.39 is 10.6 Å². The number of benzene rings is 1. The lowest BCUT2D eigenvalue weighted by Crippen LogP contribution is -2.04. The second-order valence-electron chi connectivity index (χ2n) is 3.97. The molecule has 0 saturated carbocycles. The number of aromatic nitrogens is 2. The third-order valence-electron chi connectivity index (χ3n) is 2.54. The Bertz CT molecular complexity index is 674. The Hall–Kier alpha value is -2.55. The zero-order valence-electron chi connectivity index (χ0n) is 10.7. The van der Waals surface area contributed by atoms with Crippen molar-refractivity contribution in [1.82, 2.24) is 9.97 Å². The van der Waals surface area contributed by atoms with Gasteiger partial charge in [0, 0.05) is 17.1 Å². The van der Waals surface area contributed by atoms with E-state index in [-0.39, 0.29) is 11.6 Å². The van der Waals surface area contributed by atoms with Crippen LogP contribution in [0.2, 0.25) is 0 Å². The Kier molecular flexibility index (Phi) is 4.77. The molecule has 1 aromatic carbocycles. The molecule has 108 valence electrons. The van der Waals surface area contributed by atoms with Crippen LogP contribution in [0.3, 0.4) is 0 Å². The molecule has 0 aliphatic heterocycles. The topological polar surface area (TPSA) is 119 Å². The fourth-order valence-electron chi connectivity index (χ4n) is 1.53. The van der Waals surface area contributed by atoms with Gasteiger partial charge in [0.15, 0.2) is 0 Å². The van der Waals surface area contributed by atoms with Crippen LogP contribution in [0.5, 0.6) is 0 Å². The quantitative estimate of drug-likeness (QED) is 0.485. The van der Waals surface area contributed by atoms with Crippen molar-refractivity contribution in [2.75, 3.05) is 11.2 Å². The van der Waals surface area contributed by atoms with Crippen LogP contribution in [0.15, 0.2) is 40.2 Å². The van der Waals surface area contributed by atoms with Gasteiger partial charge in [-0.05, 0) is 17.7 Å². The number of nitro groups is 1. The first-order valence-corrected chi connectivity index (χ1v) is 6.64. The van der Waals surface area contributed by atoms with Gasteiger partial charge in [-0.3, -0.25) is 15.5 Å². The van der Waals surface area contributed by atoms with Crippen molar-refractivity contribution >= 4 is 39.5 Å². The number of nitrogen functional groups attached to an aromatic ring is 1. The smallest absolute Gasteiger partial charge is 0.354 e. The van der Waals surface area contributed by atoms with Crippen LogP contribution < -0.4 is 11.2 Å². The summed E-state index contributed by atoms with van der Waals surface area (Å²) in [6, 6.07) is 7.74. The van der Waals surface area contributed by atoms with Crippen molar-refractivity contribution in [3.8, 4) is 0 Å². The van der Waals surface area contributed by atoms with Crippen molar-refractivity contribution in [3.05, 3.63) is 50.7 Å². The minimum Gasteiger partial charge on any atom is -0.378 e. The average Bonchev–Trinajstić information content (AvgIpc) is 2.45. The lowest BCUT2D eigenvalue weighted by molar-refractivity contribution is -0.383. The molecule has 0 unspecified atom stereocenters. The van der Waals surface area contributed by atoms with Gasteiger partial charge in [-0.15, -0.1) is 0 Å². The number of anilines is 2. The number of nitrogens with zero attached hydrogens (tertiary/aromatic N) is 4. The highest BCUT2D eigenvalue weighted by Gasteiger charge is 2.20. The molecule has 2 rings (SSSR count). The first-order chi connectivity index (χ1) is 10.1. The maximum Gasteiger partial charge on any atom is 0.354 e. The standard InChI is InChI=1S/C12H11BrN6O2/c13-9-3-1-8(2-4-9)5-6-17-18-12-10(19(20)21)11(14)15-7-16-12/h1-4,6-7H,5H2,(H3,14,15,16,18)/b17-6-. The van der Waals surface area contributed by atoms with Crippen LogP contribution in [0, 0.1) is 10.1 Å². The number of nitrogens with two attached hydrogens (primary N) is 1. The Balaban J connectivity index is 2.03. The lowest BCUT2D eigenvalue weighted by Gasteiger charge is -2.02. The summed E-state index contributed by atoms with van der Waals surface area (Å²) in [7, 11) is 0. The van der Waals surface area contributed by atoms with E-state index in [1.54, 1.807) is 6.21 Å². The summed E-state index contributed by atoms with van der Waals surface area (Å²) in [5.41, 5.74) is 8.61. The third kappa shape index (κ3) is 3.96. The summed E-state index contributed by atoms with van der Waals surface area (Å²) in [6.45, 7) is 0. The molecule has 0 radical (unpaired) electrons. The predicted octanol–water partition coefficient (Wildman–Crippen LogP) is 2.37. The van der Waals surface area contributed by atoms with Crippen molar-refractivity contribution in [2.24, 2.45) is 5.10 Å². The van der Waals surface area contributed by atoms with Gasteiger partial charge in [0.1, 0.15) is 6.33 Å². The second kappa shape index (κ2) is 6.75. The molecule has 2 aromatic rings. The maximum absolute atomic E-state index is 10.9. The van der Waals surface area contributed by atoms with Crippen LogP contribution in [0.25, 0.3) is 0 Å². The molecule has 8 nitrogen and oxygen atoms in total. The molecule has 0 atom stereocenters. The van der Waals surface area contributed by atoms with Crippen LogP contribution in [0.1, 0.15) is 5.56 Å². The number of hydrogen-bond donors (Lipinski definition) is 2. The normalized spacial score (nSPS) is 10.7. The maximum atomic E-state index is 10.9. The van der Waals surface area contributed by atoms with Crippen molar-refractivity contribution in [2.45, 2.75) is 6.42 Å². The van der Waals surface area contributed by atoms with Gasteiger partial charge in [-0.25, -0.2) is 9.97 Å². The Morgan fingerprint density at radius 3 is 2.76 bits per heavy atom. The number of rotatable bonds is 5. The monoisotopic (exact) mass is 350 g/mol. The summed E-state index contributed by atoms with van der Waals surface area (Å²) in [4.78, 5) is 17.6. The van der Waals surface area contributed by atoms with E-state index in [1.807, 2.05) is 24.3 Å². The van der Waals surface area contributed by atoms with Gasteiger partial charge in [0.2, 0.25) is 11.6 Å². The molecular weight excluding hydrogens is 340 g/mol. The van der Waals surface area contributed by atoms with E-state index in [9.17, 15) is 10.1 Å². The fourth-order valence-corrected chi connectivity index (χ4v) is 1.80. The fraction of sp³-hybridized carbons (Fsp3) is 0.0833. The number of halogens is 1. The molecule has 3 N–H and O–H groups in total. The summed E-state index contributed by atoms with van der Waals surface area (Å²) >= 11 is 3.35. The van der Waals surface area contributed by atoms with Gasteiger partial charge < -0.3 is 5.73 Å². The highest BCUT2D eigenvalue weighted by atomic mass is 79.9. The zero-order valence-corrected chi connectivity index (χ0v) is 12.3. The molecule has 0 aliphatic carbocycles. The SMILES string of the molecule is Nc1ncnc(N/N=C\Cc2ccc(Br)cc2)c1[N+](=O)[O-]. The van der Waals surface area contributed by atoms with Gasteiger partial charge in [-0.2, -0.15) is 5.10 Å². The molecule has 0 saturated heterocycles. The van der Waals surface area contributed by atoms with E-state index in [2.05, 4.69) is 36.4 Å². The zero-order chi connectivity index (χ0) is 15.2. The summed E-state index contributed by atoms with van der Waals surface area (Å²) in [6.07, 6.45) is 3.30. The number of nitrogens with one attached hydrogen (secondary N) is 1. The van der Waals surface area contributed by atoms with E-state index >= 15 is 0 Å². The van der Waals surface area contributed by atoms with Gasteiger partial charge in [0.05, 0.1) is 4.92 Å². The van der Waals surface area contributed by atoms with Crippen molar-refractivity contribution in [1.29, 1.82) is 0 Å². The van der Waals surface area contributed by atoms with Gasteiger partial charge in [0.25, 0.3) is 0 Å². The third-order valence-corrected chi connectivity index (χ3v) is 3.06. The average molecular weight is 351 g/mol. The predicted molar refractivity (Wildman–Crippen MR) is 83.1 cm³/mol. The van der Waals surface area contributed by atoms with Crippen LogP contribution in [-0.2, 0) is 6.42 Å². The molecule has 0 fully saturated rings. The number of hydrazone groups is 1. The molecule has 1 aromatic heterocycles. The Morgan fingerprint density at radius 2 is 2.10 bits per heavy atom. The molecule has 0 spiro atoms. The summed E-state index contributed by atoms with van der Waals surface area (Å²) in [5, 5.41) is 14.8. The lowest BCUT2D eigenvalue weighted by atomic mass is 10.2. The highest BCUT2D eigenvalue weighted by Crippen LogP contribution is 2.25. The van der Waals surface area contributed by atoms with E-state index in [0.29, 0.717) is 6.42 Å². The molecular formula is C12H11BrN6O2. The second-order valence-corrected chi connectivity index (χ2v) is 4.88.